The lowest BCUT2D eigenvalue weighted by Crippen LogP contribution is -2.43. The van der Waals surface area contributed by atoms with E-state index in [-0.39, 0.29) is 18.6 Å². The monoisotopic (exact) mass is 214 g/mol. The predicted octanol–water partition coefficient (Wildman–Crippen LogP) is 0.609. The lowest BCUT2D eigenvalue weighted by atomic mass is 10.0. The summed E-state index contributed by atoms with van der Waals surface area (Å²) in [7, 11) is 0. The first kappa shape index (κ1) is 12.5. The van der Waals surface area contributed by atoms with Gasteiger partial charge in [0.05, 0.1) is 0 Å². The van der Waals surface area contributed by atoms with E-state index in [2.05, 4.69) is 6.92 Å². The molecule has 0 aliphatic carbocycles. The molecule has 4 heteroatoms. The molecule has 2 N–H and O–H groups in total. The molecular formula is C11H22N2O2. The summed E-state index contributed by atoms with van der Waals surface area (Å²) in [6, 6.07) is 0.211. The molecule has 15 heavy (non-hydrogen) atoms. The SMILES string of the molecule is CCCOCC(=O)N1CCC(C)C1CN. The van der Waals surface area contributed by atoms with Gasteiger partial charge in [0.15, 0.2) is 0 Å². The molecule has 88 valence electrons. The summed E-state index contributed by atoms with van der Waals surface area (Å²) in [5, 5.41) is 0. The van der Waals surface area contributed by atoms with Crippen molar-refractivity contribution in [1.82, 2.24) is 4.90 Å². The maximum atomic E-state index is 11.8. The molecule has 0 spiro atoms. The number of carbonyl (C=O) groups is 1. The van der Waals surface area contributed by atoms with Gasteiger partial charge < -0.3 is 15.4 Å². The molecule has 1 heterocycles. The first-order valence-corrected chi connectivity index (χ1v) is 5.78. The Morgan fingerprint density at radius 1 is 1.60 bits per heavy atom. The van der Waals surface area contributed by atoms with Gasteiger partial charge in [-0.1, -0.05) is 13.8 Å². The molecule has 0 bridgehead atoms. The lowest BCUT2D eigenvalue weighted by molar-refractivity contribution is -0.137. The van der Waals surface area contributed by atoms with Crippen LogP contribution < -0.4 is 5.73 Å². The number of hydrogen-bond donors (Lipinski definition) is 1. The smallest absolute Gasteiger partial charge is 0.248 e. The van der Waals surface area contributed by atoms with Crippen molar-refractivity contribution in [3.05, 3.63) is 0 Å². The van der Waals surface area contributed by atoms with Crippen LogP contribution in [-0.2, 0) is 9.53 Å². The van der Waals surface area contributed by atoms with E-state index >= 15 is 0 Å². The second-order valence-corrected chi connectivity index (χ2v) is 4.21. The van der Waals surface area contributed by atoms with Crippen molar-refractivity contribution < 1.29 is 9.53 Å². The molecule has 2 atom stereocenters. The number of hydrogen-bond acceptors (Lipinski definition) is 3. The Balaban J connectivity index is 2.38. The minimum Gasteiger partial charge on any atom is -0.372 e. The predicted molar refractivity (Wildman–Crippen MR) is 59.4 cm³/mol. The topological polar surface area (TPSA) is 55.6 Å². The molecule has 0 aromatic rings. The fourth-order valence-electron chi connectivity index (χ4n) is 2.06. The van der Waals surface area contributed by atoms with Crippen LogP contribution in [0.1, 0.15) is 26.7 Å². The third-order valence-electron chi connectivity index (χ3n) is 3.02. The molecule has 2 unspecified atom stereocenters. The van der Waals surface area contributed by atoms with Crippen molar-refractivity contribution in [3.63, 3.8) is 0 Å². The van der Waals surface area contributed by atoms with Gasteiger partial charge in [0.1, 0.15) is 6.61 Å². The van der Waals surface area contributed by atoms with E-state index in [1.54, 1.807) is 0 Å². The summed E-state index contributed by atoms with van der Waals surface area (Å²) >= 11 is 0. The number of ether oxygens (including phenoxy) is 1. The van der Waals surface area contributed by atoms with E-state index in [1.807, 2.05) is 11.8 Å². The number of nitrogens with two attached hydrogens (primary N) is 1. The van der Waals surface area contributed by atoms with Crippen LogP contribution in [0.2, 0.25) is 0 Å². The van der Waals surface area contributed by atoms with E-state index in [0.29, 0.717) is 19.1 Å². The zero-order valence-corrected chi connectivity index (χ0v) is 9.74. The second kappa shape index (κ2) is 6.08. The van der Waals surface area contributed by atoms with Gasteiger partial charge in [0.25, 0.3) is 0 Å². The first-order valence-electron chi connectivity index (χ1n) is 5.78. The van der Waals surface area contributed by atoms with Gasteiger partial charge >= 0.3 is 0 Å². The van der Waals surface area contributed by atoms with Crippen molar-refractivity contribution in [2.45, 2.75) is 32.7 Å². The van der Waals surface area contributed by atoms with Crippen molar-refractivity contribution in [1.29, 1.82) is 0 Å². The number of amides is 1. The summed E-state index contributed by atoms with van der Waals surface area (Å²) in [5.41, 5.74) is 5.67. The number of carbonyl (C=O) groups excluding carboxylic acids is 1. The Kier molecular flexibility index (Phi) is 5.05. The molecule has 0 aromatic heterocycles. The number of rotatable bonds is 5. The minimum absolute atomic E-state index is 0.0863. The standard InChI is InChI=1S/C11H22N2O2/c1-3-6-15-8-11(14)13-5-4-9(2)10(13)7-12/h9-10H,3-8,12H2,1-2H3. The van der Waals surface area contributed by atoms with Gasteiger partial charge in [-0.15, -0.1) is 0 Å². The minimum atomic E-state index is 0.0863. The third-order valence-corrected chi connectivity index (χ3v) is 3.02. The lowest BCUT2D eigenvalue weighted by Gasteiger charge is -2.25. The molecular weight excluding hydrogens is 192 g/mol. The highest BCUT2D eigenvalue weighted by Crippen LogP contribution is 2.22. The van der Waals surface area contributed by atoms with Crippen LogP contribution >= 0.6 is 0 Å². The number of likely N-dealkylation sites (tertiary alicyclic amines) is 1. The molecule has 0 radical (unpaired) electrons. The summed E-state index contributed by atoms with van der Waals surface area (Å²) in [6.07, 6.45) is 2.01. The Bertz CT molecular complexity index is 209. The summed E-state index contributed by atoms with van der Waals surface area (Å²) < 4.78 is 5.25. The highest BCUT2D eigenvalue weighted by atomic mass is 16.5. The summed E-state index contributed by atoms with van der Waals surface area (Å²) in [4.78, 5) is 13.7. The highest BCUT2D eigenvalue weighted by Gasteiger charge is 2.32. The van der Waals surface area contributed by atoms with E-state index in [0.717, 1.165) is 19.4 Å². The van der Waals surface area contributed by atoms with Crippen molar-refractivity contribution >= 4 is 5.91 Å². The molecule has 1 aliphatic heterocycles. The molecule has 1 fully saturated rings. The maximum absolute atomic E-state index is 11.8. The second-order valence-electron chi connectivity index (χ2n) is 4.21. The van der Waals surface area contributed by atoms with Gasteiger partial charge in [0.2, 0.25) is 5.91 Å². The van der Waals surface area contributed by atoms with Crippen LogP contribution in [0.15, 0.2) is 0 Å². The summed E-state index contributed by atoms with van der Waals surface area (Å²) in [6.45, 7) is 6.43. The fraction of sp³-hybridized carbons (Fsp3) is 0.909. The average Bonchev–Trinajstić information content (AvgIpc) is 2.59. The van der Waals surface area contributed by atoms with Crippen molar-refractivity contribution in [3.8, 4) is 0 Å². The normalized spacial score (nSPS) is 25.9. The third kappa shape index (κ3) is 3.18. The quantitative estimate of drug-likeness (QED) is 0.682. The van der Waals surface area contributed by atoms with E-state index in [4.69, 9.17) is 10.5 Å². The van der Waals surface area contributed by atoms with Crippen LogP contribution in [0.3, 0.4) is 0 Å². The van der Waals surface area contributed by atoms with E-state index < -0.39 is 0 Å². The van der Waals surface area contributed by atoms with Crippen molar-refractivity contribution in [2.75, 3.05) is 26.3 Å². The van der Waals surface area contributed by atoms with Gasteiger partial charge in [-0.3, -0.25) is 4.79 Å². The Labute approximate surface area is 91.8 Å². The van der Waals surface area contributed by atoms with Gasteiger partial charge in [0, 0.05) is 25.7 Å². The van der Waals surface area contributed by atoms with Crippen LogP contribution in [0.25, 0.3) is 0 Å². The zero-order chi connectivity index (χ0) is 11.3. The van der Waals surface area contributed by atoms with Crippen LogP contribution in [0, 0.1) is 5.92 Å². The van der Waals surface area contributed by atoms with Crippen LogP contribution in [0.4, 0.5) is 0 Å². The Morgan fingerprint density at radius 2 is 2.33 bits per heavy atom. The fourth-order valence-corrected chi connectivity index (χ4v) is 2.06. The van der Waals surface area contributed by atoms with Gasteiger partial charge in [-0.25, -0.2) is 0 Å². The van der Waals surface area contributed by atoms with Crippen LogP contribution in [0.5, 0.6) is 0 Å². The van der Waals surface area contributed by atoms with Gasteiger partial charge in [-0.05, 0) is 18.8 Å². The Morgan fingerprint density at radius 3 is 2.93 bits per heavy atom. The molecule has 1 aliphatic rings. The molecule has 1 rings (SSSR count). The Hall–Kier alpha value is -0.610. The van der Waals surface area contributed by atoms with E-state index in [1.165, 1.54) is 0 Å². The zero-order valence-electron chi connectivity index (χ0n) is 9.74. The molecule has 0 saturated carbocycles. The van der Waals surface area contributed by atoms with Crippen LogP contribution in [-0.4, -0.2) is 43.2 Å². The van der Waals surface area contributed by atoms with Gasteiger partial charge in [-0.2, -0.15) is 0 Å². The summed E-state index contributed by atoms with van der Waals surface area (Å²) in [5.74, 6) is 0.605. The average molecular weight is 214 g/mol. The molecule has 0 aromatic carbocycles. The van der Waals surface area contributed by atoms with Crippen molar-refractivity contribution in [2.24, 2.45) is 11.7 Å². The molecule has 1 amide bonds. The number of nitrogens with zero attached hydrogens (tertiary/aromatic N) is 1. The molecule has 1 saturated heterocycles. The maximum Gasteiger partial charge on any atom is 0.248 e. The van der Waals surface area contributed by atoms with E-state index in [9.17, 15) is 4.79 Å². The molecule has 4 nitrogen and oxygen atoms in total. The largest absolute Gasteiger partial charge is 0.372 e. The highest BCUT2D eigenvalue weighted by molar-refractivity contribution is 5.78. The first-order chi connectivity index (χ1) is 7.20.